The van der Waals surface area contributed by atoms with Crippen LogP contribution in [0.15, 0.2) is 42.5 Å². The molecule has 2 fully saturated rings. The van der Waals surface area contributed by atoms with Gasteiger partial charge in [0.15, 0.2) is 0 Å². The monoisotopic (exact) mass is 380 g/mol. The van der Waals surface area contributed by atoms with Crippen molar-refractivity contribution in [2.75, 3.05) is 18.0 Å². The van der Waals surface area contributed by atoms with Gasteiger partial charge in [-0.15, -0.1) is 0 Å². The van der Waals surface area contributed by atoms with E-state index in [1.807, 2.05) is 0 Å². The fourth-order valence-corrected chi connectivity index (χ4v) is 4.85. The number of nitrogens with zero attached hydrogens (tertiary/aromatic N) is 2. The smallest absolute Gasteiger partial charge is 0.335 e. The van der Waals surface area contributed by atoms with Gasteiger partial charge in [-0.25, -0.2) is 4.79 Å². The van der Waals surface area contributed by atoms with Gasteiger partial charge in [-0.3, -0.25) is 10.1 Å². The van der Waals surface area contributed by atoms with E-state index in [1.165, 1.54) is 29.7 Å². The molecule has 1 saturated carbocycles. The summed E-state index contributed by atoms with van der Waals surface area (Å²) in [4.78, 5) is 24.3. The molecule has 0 bridgehead atoms. The minimum atomic E-state index is -1.15. The second kappa shape index (κ2) is 6.93. The summed E-state index contributed by atoms with van der Waals surface area (Å²) in [7, 11) is 0. The highest BCUT2D eigenvalue weighted by atomic mass is 16.6. The predicted molar refractivity (Wildman–Crippen MR) is 107 cm³/mol. The van der Waals surface area contributed by atoms with Crippen molar-refractivity contribution in [2.45, 2.75) is 38.5 Å². The fourth-order valence-electron chi connectivity index (χ4n) is 4.85. The molecule has 1 unspecified atom stereocenters. The summed E-state index contributed by atoms with van der Waals surface area (Å²) in [6.07, 6.45) is 4.30. The molecule has 4 rings (SSSR count). The number of nitro benzene ring substituents is 1. The Bertz CT molecular complexity index is 942. The molecule has 2 aromatic carbocycles. The van der Waals surface area contributed by atoms with E-state index in [0.29, 0.717) is 17.0 Å². The molecule has 0 amide bonds. The van der Waals surface area contributed by atoms with Crippen molar-refractivity contribution in [3.63, 3.8) is 0 Å². The molecule has 6 heteroatoms. The maximum atomic E-state index is 11.5. The zero-order valence-corrected chi connectivity index (χ0v) is 15.9. The maximum absolute atomic E-state index is 11.5. The molecular formula is C22H24N2O4. The van der Waals surface area contributed by atoms with Gasteiger partial charge in [-0.2, -0.15) is 0 Å². The van der Waals surface area contributed by atoms with Gasteiger partial charge in [-0.05, 0) is 67.2 Å². The average Bonchev–Trinajstić information content (AvgIpc) is 3.42. The molecule has 0 radical (unpaired) electrons. The van der Waals surface area contributed by atoms with E-state index in [-0.39, 0.29) is 11.3 Å². The Labute approximate surface area is 163 Å². The summed E-state index contributed by atoms with van der Waals surface area (Å²) in [5.41, 5.74) is 3.43. The van der Waals surface area contributed by atoms with Gasteiger partial charge in [0.1, 0.15) is 5.69 Å². The van der Waals surface area contributed by atoms with E-state index in [4.69, 9.17) is 5.11 Å². The Morgan fingerprint density at radius 1 is 1.21 bits per heavy atom. The first-order valence-corrected chi connectivity index (χ1v) is 9.73. The van der Waals surface area contributed by atoms with Crippen LogP contribution in [-0.4, -0.2) is 29.1 Å². The van der Waals surface area contributed by atoms with Crippen molar-refractivity contribution < 1.29 is 14.8 Å². The van der Waals surface area contributed by atoms with Crippen LogP contribution in [0.25, 0.3) is 0 Å². The SMILES string of the molecule is Cc1ccccc1C1C[C@@]12CCCN(c1ccc(C(=O)O)cc1[N+](=O)[O-])CC2. The molecule has 1 spiro atoms. The molecule has 1 heterocycles. The molecule has 28 heavy (non-hydrogen) atoms. The van der Waals surface area contributed by atoms with Gasteiger partial charge >= 0.3 is 5.97 Å². The van der Waals surface area contributed by atoms with Gasteiger partial charge < -0.3 is 10.0 Å². The first-order chi connectivity index (χ1) is 13.4. The van der Waals surface area contributed by atoms with Gasteiger partial charge in [-0.1, -0.05) is 24.3 Å². The quantitative estimate of drug-likeness (QED) is 0.610. The number of anilines is 1. The number of hydrogen-bond donors (Lipinski definition) is 1. The number of aromatic carboxylic acids is 1. The number of hydrogen-bond acceptors (Lipinski definition) is 4. The number of nitro groups is 1. The van der Waals surface area contributed by atoms with E-state index in [9.17, 15) is 14.9 Å². The van der Waals surface area contributed by atoms with E-state index in [2.05, 4.69) is 36.1 Å². The normalized spacial score (nSPS) is 24.0. The molecule has 2 aromatic rings. The van der Waals surface area contributed by atoms with Crippen LogP contribution < -0.4 is 4.90 Å². The van der Waals surface area contributed by atoms with Crippen molar-refractivity contribution in [2.24, 2.45) is 5.41 Å². The van der Waals surface area contributed by atoms with Crippen LogP contribution in [0.3, 0.4) is 0 Å². The average molecular weight is 380 g/mol. The maximum Gasteiger partial charge on any atom is 0.335 e. The number of aryl methyl sites for hydroxylation is 1. The first-order valence-electron chi connectivity index (χ1n) is 9.73. The zero-order valence-electron chi connectivity index (χ0n) is 15.9. The summed E-state index contributed by atoms with van der Waals surface area (Å²) in [6.45, 7) is 3.68. The molecule has 146 valence electrons. The van der Waals surface area contributed by atoms with E-state index < -0.39 is 10.9 Å². The summed E-state index contributed by atoms with van der Waals surface area (Å²) < 4.78 is 0. The van der Waals surface area contributed by atoms with Gasteiger partial charge in [0, 0.05) is 19.2 Å². The van der Waals surface area contributed by atoms with Crippen LogP contribution in [-0.2, 0) is 0 Å². The Hall–Kier alpha value is -2.89. The minimum absolute atomic E-state index is 0.0523. The largest absolute Gasteiger partial charge is 0.478 e. The lowest BCUT2D eigenvalue weighted by Crippen LogP contribution is -2.25. The molecule has 2 aliphatic rings. The minimum Gasteiger partial charge on any atom is -0.478 e. The molecule has 2 atom stereocenters. The third-order valence-corrected chi connectivity index (χ3v) is 6.50. The second-order valence-electron chi connectivity index (χ2n) is 8.08. The lowest BCUT2D eigenvalue weighted by Gasteiger charge is -2.23. The molecular weight excluding hydrogens is 356 g/mol. The fraction of sp³-hybridized carbons (Fsp3) is 0.409. The van der Waals surface area contributed by atoms with Crippen LogP contribution in [0.5, 0.6) is 0 Å². The molecule has 1 aliphatic carbocycles. The molecule has 6 nitrogen and oxygen atoms in total. The molecule has 1 N–H and O–H groups in total. The van der Waals surface area contributed by atoms with Crippen molar-refractivity contribution >= 4 is 17.3 Å². The Kier molecular flexibility index (Phi) is 4.57. The Morgan fingerprint density at radius 2 is 2.00 bits per heavy atom. The van der Waals surface area contributed by atoms with E-state index in [0.717, 1.165) is 32.4 Å². The van der Waals surface area contributed by atoms with Crippen molar-refractivity contribution in [3.8, 4) is 0 Å². The number of carboxylic acid groups (broad SMARTS) is 1. The lowest BCUT2D eigenvalue weighted by atomic mass is 9.90. The second-order valence-corrected chi connectivity index (χ2v) is 8.08. The highest BCUT2D eigenvalue weighted by molar-refractivity contribution is 5.89. The number of benzene rings is 2. The van der Waals surface area contributed by atoms with E-state index in [1.54, 1.807) is 6.07 Å². The summed E-state index contributed by atoms with van der Waals surface area (Å²) in [5, 5.41) is 20.7. The van der Waals surface area contributed by atoms with Crippen LogP contribution in [0, 0.1) is 22.5 Å². The van der Waals surface area contributed by atoms with Gasteiger partial charge in [0.25, 0.3) is 5.69 Å². The number of carbonyl (C=O) groups is 1. The molecule has 0 aromatic heterocycles. The predicted octanol–water partition coefficient (Wildman–Crippen LogP) is 4.77. The number of rotatable bonds is 4. The topological polar surface area (TPSA) is 83.7 Å². The highest BCUT2D eigenvalue weighted by Gasteiger charge is 2.54. The molecule has 1 aliphatic heterocycles. The zero-order chi connectivity index (χ0) is 19.9. The third-order valence-electron chi connectivity index (χ3n) is 6.50. The van der Waals surface area contributed by atoms with Crippen LogP contribution in [0.1, 0.15) is 53.1 Å². The van der Waals surface area contributed by atoms with Crippen LogP contribution >= 0.6 is 0 Å². The molecule has 1 saturated heterocycles. The Morgan fingerprint density at radius 3 is 2.71 bits per heavy atom. The van der Waals surface area contributed by atoms with Gasteiger partial charge in [0.05, 0.1) is 10.5 Å². The van der Waals surface area contributed by atoms with Gasteiger partial charge in [0.2, 0.25) is 0 Å². The van der Waals surface area contributed by atoms with Crippen molar-refractivity contribution in [1.82, 2.24) is 0 Å². The van der Waals surface area contributed by atoms with Crippen LogP contribution in [0.2, 0.25) is 0 Å². The summed E-state index contributed by atoms with van der Waals surface area (Å²) >= 11 is 0. The Balaban J connectivity index is 1.55. The lowest BCUT2D eigenvalue weighted by molar-refractivity contribution is -0.384. The van der Waals surface area contributed by atoms with Crippen molar-refractivity contribution in [1.29, 1.82) is 0 Å². The first kappa shape index (κ1) is 18.5. The summed E-state index contributed by atoms with van der Waals surface area (Å²) in [5.74, 6) is -0.568. The van der Waals surface area contributed by atoms with Crippen molar-refractivity contribution in [3.05, 3.63) is 69.3 Å². The standard InChI is InChI=1S/C22H24N2O4/c1-15-5-2-3-6-17(15)18-14-22(18)9-4-11-23(12-10-22)19-8-7-16(21(25)26)13-20(19)24(27)28/h2-3,5-8,13,18H,4,9-12,14H2,1H3,(H,25,26)/t18?,22-/m0/s1. The highest BCUT2D eigenvalue weighted by Crippen LogP contribution is 2.65. The van der Waals surface area contributed by atoms with E-state index >= 15 is 0 Å². The van der Waals surface area contributed by atoms with Crippen LogP contribution in [0.4, 0.5) is 11.4 Å². The summed E-state index contributed by atoms with van der Waals surface area (Å²) in [6, 6.07) is 12.8. The third kappa shape index (κ3) is 3.23. The number of carboxylic acids is 1.